The SMILES string of the molecule is C[C@@H](OC(=O)CCN1C(=O)[C@H]2CC=CC[C@H]2C1=O)C(=O)Nc1ccccc1. The molecule has 1 aromatic carbocycles. The summed E-state index contributed by atoms with van der Waals surface area (Å²) >= 11 is 0. The van der Waals surface area contributed by atoms with Gasteiger partial charge in [-0.05, 0) is 31.9 Å². The number of amides is 3. The van der Waals surface area contributed by atoms with Gasteiger partial charge in [-0.3, -0.25) is 24.1 Å². The van der Waals surface area contributed by atoms with E-state index in [1.807, 2.05) is 18.2 Å². The van der Waals surface area contributed by atoms with Crippen molar-refractivity contribution in [3.05, 3.63) is 42.5 Å². The van der Waals surface area contributed by atoms with Crippen molar-refractivity contribution in [1.29, 1.82) is 0 Å². The lowest BCUT2D eigenvalue weighted by molar-refractivity contribution is -0.154. The number of nitrogens with one attached hydrogen (secondary N) is 1. The van der Waals surface area contributed by atoms with E-state index in [9.17, 15) is 19.2 Å². The Kier molecular flexibility index (Phi) is 5.69. The summed E-state index contributed by atoms with van der Waals surface area (Å²) in [6.45, 7) is 1.46. The Bertz CT molecular complexity index is 748. The topological polar surface area (TPSA) is 92.8 Å². The molecule has 0 saturated carbocycles. The van der Waals surface area contributed by atoms with Crippen LogP contribution in [0.4, 0.5) is 5.69 Å². The molecule has 1 aliphatic heterocycles. The minimum atomic E-state index is -0.977. The first-order chi connectivity index (χ1) is 13.0. The first-order valence-electron chi connectivity index (χ1n) is 9.03. The number of imide groups is 1. The highest BCUT2D eigenvalue weighted by atomic mass is 16.5. The van der Waals surface area contributed by atoms with Crippen LogP contribution in [0.25, 0.3) is 0 Å². The highest BCUT2D eigenvalue weighted by Crippen LogP contribution is 2.35. The predicted octanol–water partition coefficient (Wildman–Crippen LogP) is 1.90. The smallest absolute Gasteiger partial charge is 0.308 e. The van der Waals surface area contributed by atoms with E-state index in [0.29, 0.717) is 18.5 Å². The van der Waals surface area contributed by atoms with Gasteiger partial charge in [0.15, 0.2) is 6.10 Å². The number of anilines is 1. The van der Waals surface area contributed by atoms with Crippen molar-refractivity contribution in [2.75, 3.05) is 11.9 Å². The number of benzene rings is 1. The zero-order chi connectivity index (χ0) is 19.4. The summed E-state index contributed by atoms with van der Waals surface area (Å²) in [6, 6.07) is 8.84. The summed E-state index contributed by atoms with van der Waals surface area (Å²) in [6.07, 6.45) is 3.84. The Balaban J connectivity index is 1.47. The fraction of sp³-hybridized carbons (Fsp3) is 0.400. The zero-order valence-corrected chi connectivity index (χ0v) is 15.1. The van der Waals surface area contributed by atoms with Gasteiger partial charge >= 0.3 is 5.97 Å². The second-order valence-corrected chi connectivity index (χ2v) is 6.72. The van der Waals surface area contributed by atoms with E-state index in [2.05, 4.69) is 5.32 Å². The maximum Gasteiger partial charge on any atom is 0.308 e. The molecule has 3 rings (SSSR count). The average Bonchev–Trinajstić information content (AvgIpc) is 2.91. The number of para-hydroxylation sites is 1. The molecule has 3 atom stereocenters. The summed E-state index contributed by atoms with van der Waals surface area (Å²) in [5.41, 5.74) is 0.606. The van der Waals surface area contributed by atoms with Gasteiger partial charge in [-0.15, -0.1) is 0 Å². The Morgan fingerprint density at radius 1 is 1.11 bits per heavy atom. The molecule has 2 aliphatic rings. The van der Waals surface area contributed by atoms with E-state index < -0.39 is 18.0 Å². The van der Waals surface area contributed by atoms with E-state index >= 15 is 0 Å². The van der Waals surface area contributed by atoms with Gasteiger partial charge in [0.25, 0.3) is 5.91 Å². The van der Waals surface area contributed by atoms with E-state index in [0.717, 1.165) is 4.90 Å². The predicted molar refractivity (Wildman–Crippen MR) is 97.3 cm³/mol. The number of nitrogens with zero attached hydrogens (tertiary/aromatic N) is 1. The molecule has 1 aromatic rings. The molecule has 0 bridgehead atoms. The van der Waals surface area contributed by atoms with Crippen molar-refractivity contribution in [3.63, 3.8) is 0 Å². The number of ether oxygens (including phenoxy) is 1. The maximum absolute atomic E-state index is 12.4. The largest absolute Gasteiger partial charge is 0.452 e. The number of likely N-dealkylation sites (tertiary alicyclic amines) is 1. The molecule has 1 heterocycles. The van der Waals surface area contributed by atoms with Gasteiger partial charge in [0.05, 0.1) is 18.3 Å². The van der Waals surface area contributed by atoms with Gasteiger partial charge in [0, 0.05) is 12.2 Å². The van der Waals surface area contributed by atoms with Crippen LogP contribution in [0.15, 0.2) is 42.5 Å². The van der Waals surface area contributed by atoms with Crippen molar-refractivity contribution >= 4 is 29.4 Å². The fourth-order valence-electron chi connectivity index (χ4n) is 3.37. The van der Waals surface area contributed by atoms with Crippen LogP contribution in [0.5, 0.6) is 0 Å². The molecular formula is C20H22N2O5. The minimum Gasteiger partial charge on any atom is -0.452 e. The van der Waals surface area contributed by atoms with Crippen LogP contribution >= 0.6 is 0 Å². The highest BCUT2D eigenvalue weighted by molar-refractivity contribution is 6.05. The van der Waals surface area contributed by atoms with Crippen molar-refractivity contribution in [3.8, 4) is 0 Å². The van der Waals surface area contributed by atoms with Crippen LogP contribution in [0, 0.1) is 11.8 Å². The third-order valence-electron chi connectivity index (χ3n) is 4.86. The zero-order valence-electron chi connectivity index (χ0n) is 15.1. The fourth-order valence-corrected chi connectivity index (χ4v) is 3.37. The summed E-state index contributed by atoms with van der Waals surface area (Å²) < 4.78 is 5.12. The van der Waals surface area contributed by atoms with Gasteiger partial charge < -0.3 is 10.1 Å². The third kappa shape index (κ3) is 4.24. The van der Waals surface area contributed by atoms with Gasteiger partial charge in [-0.2, -0.15) is 0 Å². The number of carbonyl (C=O) groups excluding carboxylic acids is 4. The lowest BCUT2D eigenvalue weighted by Crippen LogP contribution is -2.35. The van der Waals surface area contributed by atoms with Crippen LogP contribution in [-0.2, 0) is 23.9 Å². The van der Waals surface area contributed by atoms with Crippen LogP contribution < -0.4 is 5.32 Å². The first kappa shape index (κ1) is 18.8. The number of fused-ring (bicyclic) bond motifs is 1. The highest BCUT2D eigenvalue weighted by Gasteiger charge is 2.47. The first-order valence-corrected chi connectivity index (χ1v) is 9.03. The molecule has 0 unspecified atom stereocenters. The Hall–Kier alpha value is -2.96. The number of carbonyl (C=O) groups is 4. The Labute approximate surface area is 157 Å². The third-order valence-corrected chi connectivity index (χ3v) is 4.86. The summed E-state index contributed by atoms with van der Waals surface area (Å²) in [7, 11) is 0. The Morgan fingerprint density at radius 3 is 2.30 bits per heavy atom. The van der Waals surface area contributed by atoms with Crippen molar-refractivity contribution in [1.82, 2.24) is 4.90 Å². The Morgan fingerprint density at radius 2 is 1.70 bits per heavy atom. The molecule has 7 nitrogen and oxygen atoms in total. The minimum absolute atomic E-state index is 0.0173. The lowest BCUT2D eigenvalue weighted by Gasteiger charge is -2.16. The number of hydrogen-bond donors (Lipinski definition) is 1. The molecule has 1 aliphatic carbocycles. The molecule has 3 amide bonds. The number of hydrogen-bond acceptors (Lipinski definition) is 5. The summed E-state index contributed by atoms with van der Waals surface area (Å²) in [5, 5.41) is 2.65. The molecule has 1 fully saturated rings. The van der Waals surface area contributed by atoms with Gasteiger partial charge in [-0.25, -0.2) is 0 Å². The van der Waals surface area contributed by atoms with Crippen molar-refractivity contribution in [2.24, 2.45) is 11.8 Å². The molecule has 0 spiro atoms. The van der Waals surface area contributed by atoms with E-state index in [-0.39, 0.29) is 36.6 Å². The van der Waals surface area contributed by atoms with E-state index in [1.165, 1.54) is 6.92 Å². The number of esters is 1. The molecule has 7 heteroatoms. The van der Waals surface area contributed by atoms with Crippen LogP contribution in [0.1, 0.15) is 26.2 Å². The van der Waals surface area contributed by atoms with Crippen molar-refractivity contribution < 1.29 is 23.9 Å². The average molecular weight is 370 g/mol. The summed E-state index contributed by atoms with van der Waals surface area (Å²) in [5.74, 6) is -2.14. The standard InChI is InChI=1S/C20H22N2O5/c1-13(18(24)21-14-7-3-2-4-8-14)27-17(23)11-12-22-19(25)15-9-5-6-10-16(15)20(22)26/h2-8,13,15-16H,9-12H2,1H3,(H,21,24)/t13-,15-,16+/m1/s1. The molecule has 0 aromatic heterocycles. The van der Waals surface area contributed by atoms with Gasteiger partial charge in [-0.1, -0.05) is 30.4 Å². The molecule has 0 radical (unpaired) electrons. The van der Waals surface area contributed by atoms with Crippen LogP contribution in [0.2, 0.25) is 0 Å². The number of rotatable bonds is 6. The van der Waals surface area contributed by atoms with Crippen LogP contribution in [-0.4, -0.2) is 41.2 Å². The molecule has 1 N–H and O–H groups in total. The molecular weight excluding hydrogens is 348 g/mol. The second kappa shape index (κ2) is 8.16. The second-order valence-electron chi connectivity index (χ2n) is 6.72. The monoisotopic (exact) mass is 370 g/mol. The van der Waals surface area contributed by atoms with E-state index in [4.69, 9.17) is 4.74 Å². The quantitative estimate of drug-likeness (QED) is 0.469. The van der Waals surface area contributed by atoms with Crippen LogP contribution in [0.3, 0.4) is 0 Å². The molecule has 27 heavy (non-hydrogen) atoms. The lowest BCUT2D eigenvalue weighted by atomic mass is 9.85. The van der Waals surface area contributed by atoms with Gasteiger partial charge in [0.2, 0.25) is 11.8 Å². The number of allylic oxidation sites excluding steroid dienone is 2. The normalized spacial score (nSPS) is 22.3. The van der Waals surface area contributed by atoms with Crippen molar-refractivity contribution in [2.45, 2.75) is 32.3 Å². The van der Waals surface area contributed by atoms with E-state index in [1.54, 1.807) is 24.3 Å². The molecule has 142 valence electrons. The summed E-state index contributed by atoms with van der Waals surface area (Å²) in [4.78, 5) is 50.0. The van der Waals surface area contributed by atoms with Gasteiger partial charge in [0.1, 0.15) is 0 Å². The molecule has 1 saturated heterocycles. The maximum atomic E-state index is 12.4.